The van der Waals surface area contributed by atoms with Crippen molar-refractivity contribution < 1.29 is 28.6 Å². The molecule has 0 spiro atoms. The zero-order valence-corrected chi connectivity index (χ0v) is 22.9. The lowest BCUT2D eigenvalue weighted by molar-refractivity contribution is -0.269. The Kier molecular flexibility index (Phi) is 10.7. The Balaban J connectivity index is 1.64. The van der Waals surface area contributed by atoms with Crippen LogP contribution in [0.2, 0.25) is 0 Å². The summed E-state index contributed by atoms with van der Waals surface area (Å²) in [6.07, 6.45) is 1.99. The molecule has 11 nitrogen and oxygen atoms in total. The molecule has 5 atom stereocenters. The minimum Gasteiger partial charge on any atom is -0.459 e. The highest BCUT2D eigenvalue weighted by Gasteiger charge is 2.44. The molecule has 37 heavy (non-hydrogen) atoms. The summed E-state index contributed by atoms with van der Waals surface area (Å²) in [6, 6.07) is 8.07. The summed E-state index contributed by atoms with van der Waals surface area (Å²) < 4.78 is 19.7. The number of benzene rings is 1. The molecule has 1 aromatic carbocycles. The third-order valence-electron chi connectivity index (χ3n) is 6.56. The SMILES string of the molecule is CC(=O)O[C@H]1C(Cn2cc(-c3ccc(N(C)C)cc3)nn2)OC(OCCCCC(=O)ONS)C(C)[C@H]1C. The first-order valence-electron chi connectivity index (χ1n) is 12.4. The molecule has 0 amide bonds. The van der Waals surface area contributed by atoms with Crippen LogP contribution in [0.3, 0.4) is 0 Å². The van der Waals surface area contributed by atoms with Gasteiger partial charge in [-0.2, -0.15) is 0 Å². The summed E-state index contributed by atoms with van der Waals surface area (Å²) in [6.45, 7) is 6.22. The molecule has 204 valence electrons. The molecule has 3 unspecified atom stereocenters. The van der Waals surface area contributed by atoms with Gasteiger partial charge >= 0.3 is 11.9 Å². The average Bonchev–Trinajstić information content (AvgIpc) is 3.33. The molecule has 1 aliphatic heterocycles. The average molecular weight is 536 g/mol. The van der Waals surface area contributed by atoms with Crippen LogP contribution in [0.15, 0.2) is 30.5 Å². The number of carbonyl (C=O) groups excluding carboxylic acids is 2. The molecule has 2 heterocycles. The molecule has 0 aliphatic carbocycles. The molecule has 0 bridgehead atoms. The van der Waals surface area contributed by atoms with Crippen molar-refractivity contribution in [2.75, 3.05) is 25.6 Å². The van der Waals surface area contributed by atoms with Crippen LogP contribution in [0, 0.1) is 11.8 Å². The molecular formula is C25H37N5O6S. The van der Waals surface area contributed by atoms with Crippen molar-refractivity contribution in [1.29, 1.82) is 0 Å². The first-order chi connectivity index (χ1) is 17.7. The van der Waals surface area contributed by atoms with E-state index < -0.39 is 18.5 Å². The van der Waals surface area contributed by atoms with E-state index in [1.807, 2.05) is 63.3 Å². The second kappa shape index (κ2) is 13.8. The van der Waals surface area contributed by atoms with Crippen LogP contribution in [0.4, 0.5) is 5.69 Å². The first-order valence-corrected chi connectivity index (χ1v) is 12.8. The van der Waals surface area contributed by atoms with Crippen LogP contribution >= 0.6 is 12.8 Å². The number of nitrogens with one attached hydrogen (secondary N) is 1. The van der Waals surface area contributed by atoms with E-state index in [0.29, 0.717) is 26.0 Å². The van der Waals surface area contributed by atoms with E-state index >= 15 is 0 Å². The number of hydrogen-bond donors (Lipinski definition) is 2. The van der Waals surface area contributed by atoms with Gasteiger partial charge in [-0.1, -0.05) is 48.9 Å². The van der Waals surface area contributed by atoms with E-state index in [2.05, 4.69) is 32.8 Å². The van der Waals surface area contributed by atoms with E-state index in [9.17, 15) is 9.59 Å². The lowest BCUT2D eigenvalue weighted by atomic mass is 9.84. The summed E-state index contributed by atoms with van der Waals surface area (Å²) in [5, 5.41) is 8.61. The molecule has 1 fully saturated rings. The predicted octanol–water partition coefficient (Wildman–Crippen LogP) is 3.02. The maximum absolute atomic E-state index is 11.9. The third-order valence-corrected chi connectivity index (χ3v) is 6.65. The van der Waals surface area contributed by atoms with Crippen LogP contribution in [0.25, 0.3) is 11.3 Å². The van der Waals surface area contributed by atoms with E-state index in [4.69, 9.17) is 14.2 Å². The second-order valence-electron chi connectivity index (χ2n) is 9.50. The van der Waals surface area contributed by atoms with Crippen LogP contribution in [0.5, 0.6) is 0 Å². The Morgan fingerprint density at radius 3 is 2.54 bits per heavy atom. The van der Waals surface area contributed by atoms with E-state index in [-0.39, 0.29) is 30.2 Å². The van der Waals surface area contributed by atoms with Crippen molar-refractivity contribution >= 4 is 30.4 Å². The Morgan fingerprint density at radius 2 is 1.89 bits per heavy atom. The van der Waals surface area contributed by atoms with Crippen molar-refractivity contribution in [2.24, 2.45) is 11.8 Å². The summed E-state index contributed by atoms with van der Waals surface area (Å²) >= 11 is 3.64. The first kappa shape index (κ1) is 28.9. The van der Waals surface area contributed by atoms with Gasteiger partial charge in [-0.3, -0.25) is 9.59 Å². The quantitative estimate of drug-likeness (QED) is 0.182. The van der Waals surface area contributed by atoms with Gasteiger partial charge in [0.15, 0.2) is 6.29 Å². The highest BCUT2D eigenvalue weighted by atomic mass is 32.1. The lowest BCUT2D eigenvalue weighted by Gasteiger charge is -2.43. The van der Waals surface area contributed by atoms with Crippen molar-refractivity contribution in [3.8, 4) is 11.3 Å². The number of unbranched alkanes of at least 4 members (excludes halogenated alkanes) is 1. The molecule has 12 heteroatoms. The zero-order chi connectivity index (χ0) is 26.9. The van der Waals surface area contributed by atoms with Crippen LogP contribution in [0.1, 0.15) is 40.0 Å². The van der Waals surface area contributed by atoms with Crippen molar-refractivity contribution in [2.45, 2.75) is 65.1 Å². The summed E-state index contributed by atoms with van der Waals surface area (Å²) in [5.74, 6) is -0.762. The number of hydrogen-bond acceptors (Lipinski definition) is 11. The van der Waals surface area contributed by atoms with E-state index in [1.54, 1.807) is 4.68 Å². The topological polar surface area (TPSA) is 117 Å². The molecule has 1 N–H and O–H groups in total. The Morgan fingerprint density at radius 1 is 1.16 bits per heavy atom. The van der Waals surface area contributed by atoms with Gasteiger partial charge in [-0.15, -0.1) is 5.10 Å². The van der Waals surface area contributed by atoms with Crippen LogP contribution in [-0.2, 0) is 35.2 Å². The molecular weight excluding hydrogens is 498 g/mol. The van der Waals surface area contributed by atoms with Gasteiger partial charge in [-0.25, -0.2) is 4.68 Å². The Bertz CT molecular complexity index is 1020. The van der Waals surface area contributed by atoms with E-state index in [0.717, 1.165) is 16.9 Å². The van der Waals surface area contributed by atoms with Crippen molar-refractivity contribution in [1.82, 2.24) is 19.9 Å². The monoisotopic (exact) mass is 535 g/mol. The highest BCUT2D eigenvalue weighted by Crippen LogP contribution is 2.34. The minimum atomic E-state index is -0.487. The number of anilines is 1. The molecule has 0 radical (unpaired) electrons. The number of thiol groups is 1. The molecule has 1 saturated heterocycles. The van der Waals surface area contributed by atoms with Gasteiger partial charge in [0.2, 0.25) is 0 Å². The van der Waals surface area contributed by atoms with Crippen LogP contribution < -0.4 is 9.79 Å². The minimum absolute atomic E-state index is 0.00865. The highest BCUT2D eigenvalue weighted by molar-refractivity contribution is 7.77. The van der Waals surface area contributed by atoms with E-state index in [1.165, 1.54) is 6.92 Å². The largest absolute Gasteiger partial charge is 0.459 e. The Hall–Kier alpha value is -2.67. The van der Waals surface area contributed by atoms with Crippen molar-refractivity contribution in [3.05, 3.63) is 30.5 Å². The number of nitrogens with zero attached hydrogens (tertiary/aromatic N) is 4. The number of esters is 1. The standard InChI is InChI=1S/C25H37N5O6S/c1-16-17(2)25(33-13-7-6-8-23(32)36-28-37)35-22(24(16)34-18(3)31)15-30-14-21(26-27-30)19-9-11-20(12-10-19)29(4)5/h9-12,14,16-17,22,24-25,28,37H,6-8,13,15H2,1-5H3/t16-,17?,22?,24-,25?/m1/s1. The predicted molar refractivity (Wildman–Crippen MR) is 140 cm³/mol. The maximum Gasteiger partial charge on any atom is 0.325 e. The smallest absolute Gasteiger partial charge is 0.325 e. The normalized spacial score (nSPS) is 23.5. The number of ether oxygens (including phenoxy) is 3. The van der Waals surface area contributed by atoms with Gasteiger partial charge in [0.25, 0.3) is 0 Å². The molecule has 3 rings (SSSR count). The number of carbonyl (C=O) groups is 2. The number of rotatable bonds is 12. The molecule has 2 aromatic rings. The van der Waals surface area contributed by atoms with Gasteiger partial charge < -0.3 is 23.9 Å². The van der Waals surface area contributed by atoms with Gasteiger partial charge in [-0.05, 0) is 25.0 Å². The number of aromatic nitrogens is 3. The van der Waals surface area contributed by atoms with Gasteiger partial charge in [0.1, 0.15) is 17.9 Å². The second-order valence-corrected chi connectivity index (χ2v) is 9.68. The molecule has 1 aliphatic rings. The maximum atomic E-state index is 11.9. The molecule has 0 saturated carbocycles. The van der Waals surface area contributed by atoms with Gasteiger partial charge in [0, 0.05) is 57.1 Å². The Labute approximate surface area is 223 Å². The van der Waals surface area contributed by atoms with Gasteiger partial charge in [0.05, 0.1) is 12.7 Å². The van der Waals surface area contributed by atoms with Crippen molar-refractivity contribution in [3.63, 3.8) is 0 Å². The lowest BCUT2D eigenvalue weighted by Crippen LogP contribution is -2.53. The zero-order valence-electron chi connectivity index (χ0n) is 22.0. The fourth-order valence-corrected chi connectivity index (χ4v) is 4.38. The fraction of sp³-hybridized carbons (Fsp3) is 0.600. The summed E-state index contributed by atoms with van der Waals surface area (Å²) in [4.78, 5) is 32.0. The van der Waals surface area contributed by atoms with Crippen LogP contribution in [-0.4, -0.2) is 66.1 Å². The molecule has 1 aromatic heterocycles. The summed E-state index contributed by atoms with van der Waals surface area (Å²) in [7, 11) is 3.99. The fourth-order valence-electron chi connectivity index (χ4n) is 4.28. The third kappa shape index (κ3) is 8.16. The summed E-state index contributed by atoms with van der Waals surface area (Å²) in [5.41, 5.74) is 2.79.